The Bertz CT molecular complexity index is 612. The molecule has 0 radical (unpaired) electrons. The molecule has 88 valence electrons. The number of thiophene rings is 1. The molecule has 2 aromatic heterocycles. The second-order valence-corrected chi connectivity index (χ2v) is 4.67. The maximum Gasteiger partial charge on any atom is 0.346 e. The largest absolute Gasteiger partial charge is 0.477 e. The Morgan fingerprint density at radius 2 is 2.24 bits per heavy atom. The number of aromatic nitrogens is 1. The number of nitrogens with zero attached hydrogens (tertiary/aromatic N) is 1. The van der Waals surface area contributed by atoms with E-state index >= 15 is 0 Å². The van der Waals surface area contributed by atoms with Crippen molar-refractivity contribution < 1.29 is 9.90 Å². The Hall–Kier alpha value is -1.88. The Morgan fingerprint density at radius 1 is 1.47 bits per heavy atom. The first kappa shape index (κ1) is 11.6. The van der Waals surface area contributed by atoms with E-state index in [0.717, 1.165) is 5.56 Å². The van der Waals surface area contributed by atoms with E-state index in [0.29, 0.717) is 12.1 Å². The van der Waals surface area contributed by atoms with Gasteiger partial charge in [-0.25, -0.2) is 4.79 Å². The molecule has 0 aliphatic rings. The van der Waals surface area contributed by atoms with Crippen LogP contribution in [0.3, 0.4) is 0 Å². The topological polar surface area (TPSA) is 59.3 Å². The zero-order valence-corrected chi connectivity index (χ0v) is 10.0. The highest BCUT2D eigenvalue weighted by Gasteiger charge is 2.12. The van der Waals surface area contributed by atoms with Crippen molar-refractivity contribution in [2.45, 2.75) is 13.5 Å². The van der Waals surface area contributed by atoms with Gasteiger partial charge in [-0.05, 0) is 35.6 Å². The van der Waals surface area contributed by atoms with Gasteiger partial charge in [0.15, 0.2) is 0 Å². The van der Waals surface area contributed by atoms with Crippen LogP contribution < -0.4 is 5.56 Å². The van der Waals surface area contributed by atoms with Crippen LogP contribution in [0.4, 0.5) is 0 Å². The van der Waals surface area contributed by atoms with Crippen LogP contribution in [0.25, 0.3) is 0 Å². The van der Waals surface area contributed by atoms with Gasteiger partial charge in [0.05, 0.1) is 6.54 Å². The number of aryl methyl sites for hydroxylation is 1. The fourth-order valence-electron chi connectivity index (χ4n) is 1.57. The van der Waals surface area contributed by atoms with Crippen molar-refractivity contribution in [1.29, 1.82) is 0 Å². The molecule has 4 nitrogen and oxygen atoms in total. The van der Waals surface area contributed by atoms with Crippen LogP contribution in [0.1, 0.15) is 20.8 Å². The van der Waals surface area contributed by atoms with Gasteiger partial charge in [0, 0.05) is 12.3 Å². The smallest absolute Gasteiger partial charge is 0.346 e. The van der Waals surface area contributed by atoms with E-state index < -0.39 is 5.97 Å². The first-order chi connectivity index (χ1) is 8.08. The summed E-state index contributed by atoms with van der Waals surface area (Å²) in [6.45, 7) is 2.14. The summed E-state index contributed by atoms with van der Waals surface area (Å²) in [5.41, 5.74) is 1.44. The van der Waals surface area contributed by atoms with Crippen molar-refractivity contribution >= 4 is 17.3 Å². The van der Waals surface area contributed by atoms with E-state index in [9.17, 15) is 9.59 Å². The van der Waals surface area contributed by atoms with Gasteiger partial charge in [-0.1, -0.05) is 0 Å². The molecule has 0 saturated carbocycles. The van der Waals surface area contributed by atoms with Gasteiger partial charge in [0.2, 0.25) is 0 Å². The van der Waals surface area contributed by atoms with Crippen molar-refractivity contribution in [2.24, 2.45) is 0 Å². The van der Waals surface area contributed by atoms with Crippen LogP contribution in [-0.4, -0.2) is 15.6 Å². The summed E-state index contributed by atoms with van der Waals surface area (Å²) in [5.74, 6) is -0.949. The summed E-state index contributed by atoms with van der Waals surface area (Å²) >= 11 is 1.17. The van der Waals surface area contributed by atoms with Crippen molar-refractivity contribution in [2.75, 3.05) is 0 Å². The van der Waals surface area contributed by atoms with E-state index in [1.54, 1.807) is 17.6 Å². The maximum absolute atomic E-state index is 11.7. The Morgan fingerprint density at radius 3 is 2.88 bits per heavy atom. The number of hydrogen-bond acceptors (Lipinski definition) is 3. The number of carboxylic acid groups (broad SMARTS) is 1. The maximum atomic E-state index is 11.7. The molecule has 0 aliphatic heterocycles. The summed E-state index contributed by atoms with van der Waals surface area (Å²) in [6, 6.07) is 5.10. The van der Waals surface area contributed by atoms with Gasteiger partial charge < -0.3 is 9.67 Å². The molecule has 1 N–H and O–H groups in total. The standard InChI is InChI=1S/C12H11NO3S/c1-8-2-4-13(10(14)6-8)7-9-3-5-17-11(9)12(15)16/h2-6H,7H2,1H3,(H,15,16). The second kappa shape index (κ2) is 4.55. The number of aromatic carboxylic acids is 1. The molecule has 0 amide bonds. The van der Waals surface area contributed by atoms with E-state index in [2.05, 4.69) is 0 Å². The molecule has 0 atom stereocenters. The quantitative estimate of drug-likeness (QED) is 0.904. The lowest BCUT2D eigenvalue weighted by atomic mass is 10.2. The SMILES string of the molecule is Cc1ccn(Cc2ccsc2C(=O)O)c(=O)c1. The Labute approximate surface area is 102 Å². The first-order valence-corrected chi connectivity index (χ1v) is 5.92. The van der Waals surface area contributed by atoms with Gasteiger partial charge in [-0.2, -0.15) is 0 Å². The minimum absolute atomic E-state index is 0.118. The van der Waals surface area contributed by atoms with Crippen LogP contribution in [0.15, 0.2) is 34.6 Å². The molecule has 5 heteroatoms. The van der Waals surface area contributed by atoms with Gasteiger partial charge in [0.1, 0.15) is 4.88 Å². The van der Waals surface area contributed by atoms with Crippen molar-refractivity contribution in [3.63, 3.8) is 0 Å². The molecular formula is C12H11NO3S. The lowest BCUT2D eigenvalue weighted by Crippen LogP contribution is -2.19. The average Bonchev–Trinajstić information content (AvgIpc) is 2.70. The fourth-order valence-corrected chi connectivity index (χ4v) is 2.32. The van der Waals surface area contributed by atoms with Crippen LogP contribution in [0, 0.1) is 6.92 Å². The highest BCUT2D eigenvalue weighted by molar-refractivity contribution is 7.12. The number of carbonyl (C=O) groups is 1. The van der Waals surface area contributed by atoms with Crippen LogP contribution in [0.5, 0.6) is 0 Å². The molecule has 0 unspecified atom stereocenters. The van der Waals surface area contributed by atoms with Crippen LogP contribution >= 0.6 is 11.3 Å². The predicted octanol–water partition coefficient (Wildman–Crippen LogP) is 1.96. The van der Waals surface area contributed by atoms with Gasteiger partial charge in [-0.15, -0.1) is 11.3 Å². The third-order valence-corrected chi connectivity index (χ3v) is 3.38. The van der Waals surface area contributed by atoms with Crippen molar-refractivity contribution in [3.05, 3.63) is 56.1 Å². The molecule has 0 bridgehead atoms. The minimum atomic E-state index is -0.949. The van der Waals surface area contributed by atoms with E-state index in [-0.39, 0.29) is 10.4 Å². The summed E-state index contributed by atoms with van der Waals surface area (Å²) < 4.78 is 1.50. The van der Waals surface area contributed by atoms with Gasteiger partial charge >= 0.3 is 5.97 Å². The van der Waals surface area contributed by atoms with Crippen LogP contribution in [0.2, 0.25) is 0 Å². The number of rotatable bonds is 3. The summed E-state index contributed by atoms with van der Waals surface area (Å²) in [4.78, 5) is 22.9. The zero-order chi connectivity index (χ0) is 12.4. The molecular weight excluding hydrogens is 238 g/mol. The first-order valence-electron chi connectivity index (χ1n) is 5.04. The second-order valence-electron chi connectivity index (χ2n) is 3.75. The molecule has 0 saturated heterocycles. The fraction of sp³-hybridized carbons (Fsp3) is 0.167. The highest BCUT2D eigenvalue weighted by Crippen LogP contribution is 2.17. The molecule has 0 fully saturated rings. The van der Waals surface area contributed by atoms with Gasteiger partial charge in [0.25, 0.3) is 5.56 Å². The molecule has 0 aromatic carbocycles. The van der Waals surface area contributed by atoms with Crippen LogP contribution in [-0.2, 0) is 6.54 Å². The van der Waals surface area contributed by atoms with E-state index in [1.165, 1.54) is 22.0 Å². The third kappa shape index (κ3) is 2.45. The minimum Gasteiger partial charge on any atom is -0.477 e. The van der Waals surface area contributed by atoms with E-state index in [4.69, 9.17) is 5.11 Å². The molecule has 0 aliphatic carbocycles. The number of pyridine rings is 1. The zero-order valence-electron chi connectivity index (χ0n) is 9.21. The Kier molecular flexibility index (Phi) is 3.10. The van der Waals surface area contributed by atoms with Crippen molar-refractivity contribution in [3.8, 4) is 0 Å². The van der Waals surface area contributed by atoms with Gasteiger partial charge in [-0.3, -0.25) is 4.79 Å². The predicted molar refractivity (Wildman–Crippen MR) is 65.8 cm³/mol. The summed E-state index contributed by atoms with van der Waals surface area (Å²) in [6.07, 6.45) is 1.68. The summed E-state index contributed by atoms with van der Waals surface area (Å²) in [5, 5.41) is 10.7. The third-order valence-electron chi connectivity index (χ3n) is 2.43. The average molecular weight is 249 g/mol. The monoisotopic (exact) mass is 249 g/mol. The normalized spacial score (nSPS) is 10.4. The van der Waals surface area contributed by atoms with Crippen molar-refractivity contribution in [1.82, 2.24) is 4.57 Å². The summed E-state index contributed by atoms with van der Waals surface area (Å²) in [7, 11) is 0. The molecule has 17 heavy (non-hydrogen) atoms. The van der Waals surface area contributed by atoms with E-state index in [1.807, 2.05) is 13.0 Å². The molecule has 2 aromatic rings. The Balaban J connectivity index is 2.35. The lowest BCUT2D eigenvalue weighted by molar-refractivity contribution is 0.0701. The molecule has 0 spiro atoms. The number of carboxylic acids is 1. The lowest BCUT2D eigenvalue weighted by Gasteiger charge is -2.05. The highest BCUT2D eigenvalue weighted by atomic mass is 32.1. The molecule has 2 rings (SSSR count). The molecule has 2 heterocycles. The number of hydrogen-bond donors (Lipinski definition) is 1.